The van der Waals surface area contributed by atoms with E-state index in [4.69, 9.17) is 0 Å². The first-order valence-corrected chi connectivity index (χ1v) is 7.59. The maximum Gasteiger partial charge on any atom is 0.222 e. The zero-order chi connectivity index (χ0) is 13.0. The van der Waals surface area contributed by atoms with Gasteiger partial charge in [0.25, 0.3) is 0 Å². The Hall–Kier alpha value is -0.870. The molecule has 1 aromatic rings. The van der Waals surface area contributed by atoms with Gasteiger partial charge < -0.3 is 10.2 Å². The molecule has 2 heterocycles. The molecule has 4 heteroatoms. The third-order valence-corrected chi connectivity index (χ3v) is 4.24. The molecule has 1 aliphatic rings. The van der Waals surface area contributed by atoms with Gasteiger partial charge in [0.05, 0.1) is 0 Å². The van der Waals surface area contributed by atoms with E-state index in [-0.39, 0.29) is 0 Å². The van der Waals surface area contributed by atoms with E-state index in [0.717, 1.165) is 25.9 Å². The Morgan fingerprint density at radius 3 is 2.78 bits per heavy atom. The normalized spacial score (nSPS) is 24.2. The molecule has 1 amide bonds. The van der Waals surface area contributed by atoms with E-state index in [1.807, 2.05) is 4.90 Å². The molecule has 0 radical (unpaired) electrons. The highest BCUT2D eigenvalue weighted by Gasteiger charge is 2.24. The van der Waals surface area contributed by atoms with E-state index in [2.05, 4.69) is 36.7 Å². The van der Waals surface area contributed by atoms with Crippen LogP contribution < -0.4 is 5.32 Å². The van der Waals surface area contributed by atoms with E-state index < -0.39 is 0 Å². The molecule has 1 N–H and O–H groups in total. The zero-order valence-electron chi connectivity index (χ0n) is 11.2. The largest absolute Gasteiger partial charge is 0.340 e. The fourth-order valence-corrected chi connectivity index (χ4v) is 3.31. The predicted octanol–water partition coefficient (Wildman–Crippen LogP) is 2.28. The molecular formula is C14H22N2OS. The average molecular weight is 266 g/mol. The summed E-state index contributed by atoms with van der Waals surface area (Å²) in [7, 11) is 0. The van der Waals surface area contributed by atoms with Crippen molar-refractivity contribution in [2.24, 2.45) is 0 Å². The molecule has 1 aromatic heterocycles. The quantitative estimate of drug-likeness (QED) is 0.907. The van der Waals surface area contributed by atoms with Crippen LogP contribution in [0.1, 0.15) is 31.6 Å². The summed E-state index contributed by atoms with van der Waals surface area (Å²) in [6.07, 6.45) is 2.67. The SMILES string of the molecule is C[C@H]1CN(C(=O)CCCc2cccs2)C[C@H](C)N1. The Bertz CT molecular complexity index is 367. The highest BCUT2D eigenvalue weighted by Crippen LogP contribution is 2.13. The number of carbonyl (C=O) groups is 1. The van der Waals surface area contributed by atoms with Crippen LogP contribution in [0.5, 0.6) is 0 Å². The minimum absolute atomic E-state index is 0.312. The van der Waals surface area contributed by atoms with Crippen molar-refractivity contribution >= 4 is 17.2 Å². The van der Waals surface area contributed by atoms with Gasteiger partial charge >= 0.3 is 0 Å². The molecule has 18 heavy (non-hydrogen) atoms. The number of nitrogens with zero attached hydrogens (tertiary/aromatic N) is 1. The standard InChI is InChI=1S/C14H22N2OS/c1-11-9-16(10-12(2)15-11)14(17)7-3-5-13-6-4-8-18-13/h4,6,8,11-12,15H,3,5,7,9-10H2,1-2H3/t11-,12-/m0/s1. The first kappa shape index (κ1) is 13.6. The lowest BCUT2D eigenvalue weighted by Gasteiger charge is -2.36. The minimum atomic E-state index is 0.312. The van der Waals surface area contributed by atoms with Crippen molar-refractivity contribution in [3.63, 3.8) is 0 Å². The molecule has 1 saturated heterocycles. The molecule has 0 aromatic carbocycles. The highest BCUT2D eigenvalue weighted by molar-refractivity contribution is 7.09. The Morgan fingerprint density at radius 2 is 2.17 bits per heavy atom. The Morgan fingerprint density at radius 1 is 1.44 bits per heavy atom. The lowest BCUT2D eigenvalue weighted by Crippen LogP contribution is -2.55. The van der Waals surface area contributed by atoms with Gasteiger partial charge in [0, 0.05) is 36.5 Å². The first-order valence-electron chi connectivity index (χ1n) is 6.71. The number of amides is 1. The van der Waals surface area contributed by atoms with Crippen LogP contribution >= 0.6 is 11.3 Å². The molecule has 0 aliphatic carbocycles. The molecular weight excluding hydrogens is 244 g/mol. The van der Waals surface area contributed by atoms with Crippen LogP contribution in [-0.4, -0.2) is 36.0 Å². The van der Waals surface area contributed by atoms with Crippen LogP contribution in [0.3, 0.4) is 0 Å². The molecule has 2 atom stereocenters. The molecule has 0 bridgehead atoms. The second-order valence-electron chi connectivity index (χ2n) is 5.20. The van der Waals surface area contributed by atoms with Crippen molar-refractivity contribution in [1.82, 2.24) is 10.2 Å². The van der Waals surface area contributed by atoms with Crippen LogP contribution in [0.15, 0.2) is 17.5 Å². The van der Waals surface area contributed by atoms with Gasteiger partial charge in [-0.05, 0) is 38.1 Å². The summed E-state index contributed by atoms with van der Waals surface area (Å²) >= 11 is 1.78. The van der Waals surface area contributed by atoms with Crippen LogP contribution in [0.4, 0.5) is 0 Å². The zero-order valence-corrected chi connectivity index (χ0v) is 12.0. The number of aryl methyl sites for hydroxylation is 1. The summed E-state index contributed by atoms with van der Waals surface area (Å²) in [6.45, 7) is 5.98. The number of hydrogen-bond acceptors (Lipinski definition) is 3. The third-order valence-electron chi connectivity index (χ3n) is 3.30. The van der Waals surface area contributed by atoms with Crippen LogP contribution in [0.2, 0.25) is 0 Å². The Kier molecular flexibility index (Phi) is 4.78. The summed E-state index contributed by atoms with van der Waals surface area (Å²) in [6, 6.07) is 5.04. The van der Waals surface area contributed by atoms with Gasteiger partial charge in [0.1, 0.15) is 0 Å². The predicted molar refractivity (Wildman–Crippen MR) is 75.9 cm³/mol. The van der Waals surface area contributed by atoms with Crippen molar-refractivity contribution in [3.8, 4) is 0 Å². The van der Waals surface area contributed by atoms with Crippen molar-refractivity contribution < 1.29 is 4.79 Å². The van der Waals surface area contributed by atoms with Gasteiger partial charge in [-0.15, -0.1) is 11.3 Å². The number of rotatable bonds is 4. The van der Waals surface area contributed by atoms with Crippen molar-refractivity contribution in [1.29, 1.82) is 0 Å². The second-order valence-corrected chi connectivity index (χ2v) is 6.23. The smallest absolute Gasteiger partial charge is 0.222 e. The van der Waals surface area contributed by atoms with Crippen LogP contribution in [0.25, 0.3) is 0 Å². The molecule has 0 unspecified atom stereocenters. The van der Waals surface area contributed by atoms with Crippen LogP contribution in [-0.2, 0) is 11.2 Å². The maximum atomic E-state index is 12.1. The number of nitrogens with one attached hydrogen (secondary N) is 1. The van der Waals surface area contributed by atoms with Gasteiger partial charge in [-0.3, -0.25) is 4.79 Å². The maximum absolute atomic E-state index is 12.1. The fraction of sp³-hybridized carbons (Fsp3) is 0.643. The summed E-state index contributed by atoms with van der Waals surface area (Å²) in [5.74, 6) is 0.312. The minimum Gasteiger partial charge on any atom is -0.340 e. The first-order chi connectivity index (χ1) is 8.65. The van der Waals surface area contributed by atoms with E-state index in [9.17, 15) is 4.79 Å². The van der Waals surface area contributed by atoms with Gasteiger partial charge in [0.15, 0.2) is 0 Å². The van der Waals surface area contributed by atoms with E-state index in [0.29, 0.717) is 24.4 Å². The Labute approximate surface area is 113 Å². The van der Waals surface area contributed by atoms with Crippen molar-refractivity contribution in [2.45, 2.75) is 45.2 Å². The average Bonchev–Trinajstić information content (AvgIpc) is 2.80. The van der Waals surface area contributed by atoms with E-state index in [1.165, 1.54) is 4.88 Å². The highest BCUT2D eigenvalue weighted by atomic mass is 32.1. The fourth-order valence-electron chi connectivity index (χ4n) is 2.56. The molecule has 0 spiro atoms. The molecule has 0 saturated carbocycles. The molecule has 3 nitrogen and oxygen atoms in total. The lowest BCUT2D eigenvalue weighted by molar-refractivity contribution is -0.133. The number of hydrogen-bond donors (Lipinski definition) is 1. The molecule has 2 rings (SSSR count). The number of thiophene rings is 1. The molecule has 1 fully saturated rings. The topological polar surface area (TPSA) is 32.3 Å². The second kappa shape index (κ2) is 6.34. The van der Waals surface area contributed by atoms with Gasteiger partial charge in [-0.2, -0.15) is 0 Å². The number of carbonyl (C=O) groups excluding carboxylic acids is 1. The van der Waals surface area contributed by atoms with E-state index in [1.54, 1.807) is 11.3 Å². The van der Waals surface area contributed by atoms with Crippen molar-refractivity contribution in [2.75, 3.05) is 13.1 Å². The summed E-state index contributed by atoms with van der Waals surface area (Å²) < 4.78 is 0. The summed E-state index contributed by atoms with van der Waals surface area (Å²) in [4.78, 5) is 15.5. The lowest BCUT2D eigenvalue weighted by atomic mass is 10.1. The Balaban J connectivity index is 1.74. The van der Waals surface area contributed by atoms with Crippen LogP contribution in [0, 0.1) is 0 Å². The number of piperazine rings is 1. The molecule has 100 valence electrons. The summed E-state index contributed by atoms with van der Waals surface area (Å²) in [5.41, 5.74) is 0. The van der Waals surface area contributed by atoms with Gasteiger partial charge in [-0.1, -0.05) is 6.07 Å². The third kappa shape index (κ3) is 3.82. The van der Waals surface area contributed by atoms with Gasteiger partial charge in [0.2, 0.25) is 5.91 Å². The monoisotopic (exact) mass is 266 g/mol. The van der Waals surface area contributed by atoms with Crippen molar-refractivity contribution in [3.05, 3.63) is 22.4 Å². The molecule has 1 aliphatic heterocycles. The van der Waals surface area contributed by atoms with Gasteiger partial charge in [-0.25, -0.2) is 0 Å². The summed E-state index contributed by atoms with van der Waals surface area (Å²) in [5, 5.41) is 5.54. The van der Waals surface area contributed by atoms with E-state index >= 15 is 0 Å².